The van der Waals surface area contributed by atoms with E-state index in [4.69, 9.17) is 0 Å². The highest BCUT2D eigenvalue weighted by atomic mass is 16.2. The van der Waals surface area contributed by atoms with E-state index in [1.54, 1.807) is 24.4 Å². The van der Waals surface area contributed by atoms with Gasteiger partial charge < -0.3 is 19.9 Å². The maximum Gasteiger partial charge on any atom is 0.314 e. The number of imidazole rings is 1. The third kappa shape index (κ3) is 4.81. The second-order valence-corrected chi connectivity index (χ2v) is 7.47. The average molecular weight is 391 g/mol. The van der Waals surface area contributed by atoms with Crippen molar-refractivity contribution in [2.45, 2.75) is 26.2 Å². The van der Waals surface area contributed by atoms with E-state index in [9.17, 15) is 9.59 Å². The number of aromatic nitrogens is 2. The summed E-state index contributed by atoms with van der Waals surface area (Å²) in [6.07, 6.45) is 7.17. The number of hydrogen-bond acceptors (Lipinski definition) is 4. The zero-order chi connectivity index (χ0) is 20.2. The van der Waals surface area contributed by atoms with E-state index in [1.165, 1.54) is 25.9 Å². The third-order valence-electron chi connectivity index (χ3n) is 5.14. The number of amides is 2. The van der Waals surface area contributed by atoms with Crippen LogP contribution in [0.25, 0.3) is 5.65 Å². The summed E-state index contributed by atoms with van der Waals surface area (Å²) in [4.78, 5) is 31.4. The molecule has 2 aromatic heterocycles. The molecule has 4 rings (SSSR count). The van der Waals surface area contributed by atoms with Gasteiger partial charge in [0, 0.05) is 36.4 Å². The highest BCUT2D eigenvalue weighted by molar-refractivity contribution is 6.43. The highest BCUT2D eigenvalue weighted by Crippen LogP contribution is 2.15. The van der Waals surface area contributed by atoms with Crippen molar-refractivity contribution in [2.24, 2.45) is 0 Å². The lowest BCUT2D eigenvalue weighted by Crippen LogP contribution is -2.29. The molecule has 1 aliphatic rings. The Morgan fingerprint density at radius 2 is 1.76 bits per heavy atom. The SMILES string of the molecule is Cc1cn2ccc(NC(=O)C(=O)Nc3cccc(CCN4CCCC4)c3)cc2n1. The lowest BCUT2D eigenvalue weighted by molar-refractivity contribution is -0.132. The van der Waals surface area contributed by atoms with Gasteiger partial charge in [0.25, 0.3) is 0 Å². The van der Waals surface area contributed by atoms with E-state index in [0.717, 1.165) is 24.2 Å². The van der Waals surface area contributed by atoms with E-state index in [0.29, 0.717) is 17.0 Å². The molecule has 1 aliphatic heterocycles. The number of fused-ring (bicyclic) bond motifs is 1. The lowest BCUT2D eigenvalue weighted by atomic mass is 10.1. The lowest BCUT2D eigenvalue weighted by Gasteiger charge is -2.14. The smallest absolute Gasteiger partial charge is 0.314 e. The van der Waals surface area contributed by atoms with Crippen LogP contribution in [0.15, 0.2) is 48.8 Å². The molecule has 0 bridgehead atoms. The zero-order valence-corrected chi connectivity index (χ0v) is 16.5. The number of nitrogens with one attached hydrogen (secondary N) is 2. The molecule has 1 fully saturated rings. The molecule has 0 unspecified atom stereocenters. The van der Waals surface area contributed by atoms with Gasteiger partial charge in [-0.15, -0.1) is 0 Å². The molecule has 29 heavy (non-hydrogen) atoms. The van der Waals surface area contributed by atoms with Crippen LogP contribution in [0, 0.1) is 6.92 Å². The van der Waals surface area contributed by atoms with Crippen molar-refractivity contribution in [1.82, 2.24) is 14.3 Å². The molecular formula is C22H25N5O2. The van der Waals surface area contributed by atoms with Crippen LogP contribution in [0.2, 0.25) is 0 Å². The maximum atomic E-state index is 12.3. The Hall–Kier alpha value is -3.19. The summed E-state index contributed by atoms with van der Waals surface area (Å²) in [5, 5.41) is 5.32. The molecule has 0 radical (unpaired) electrons. The molecular weight excluding hydrogens is 366 g/mol. The van der Waals surface area contributed by atoms with Crippen molar-refractivity contribution in [3.8, 4) is 0 Å². The first-order valence-corrected chi connectivity index (χ1v) is 9.96. The minimum atomic E-state index is -0.708. The second-order valence-electron chi connectivity index (χ2n) is 7.47. The van der Waals surface area contributed by atoms with Crippen LogP contribution in [-0.4, -0.2) is 45.7 Å². The number of nitrogens with zero attached hydrogens (tertiary/aromatic N) is 3. The van der Waals surface area contributed by atoms with Crippen LogP contribution >= 0.6 is 0 Å². The number of rotatable bonds is 5. The Kier molecular flexibility index (Phi) is 5.57. The Morgan fingerprint density at radius 3 is 2.52 bits per heavy atom. The van der Waals surface area contributed by atoms with Crippen molar-refractivity contribution >= 4 is 28.8 Å². The maximum absolute atomic E-state index is 12.3. The van der Waals surface area contributed by atoms with Gasteiger partial charge in [-0.1, -0.05) is 12.1 Å². The van der Waals surface area contributed by atoms with Gasteiger partial charge in [-0.25, -0.2) is 4.98 Å². The van der Waals surface area contributed by atoms with Gasteiger partial charge in [-0.05, 0) is 63.0 Å². The number of likely N-dealkylation sites (tertiary alicyclic amines) is 1. The van der Waals surface area contributed by atoms with Crippen molar-refractivity contribution < 1.29 is 9.59 Å². The summed E-state index contributed by atoms with van der Waals surface area (Å²) in [5.74, 6) is -1.40. The first kappa shape index (κ1) is 19.1. The summed E-state index contributed by atoms with van der Waals surface area (Å²) in [6.45, 7) is 5.26. The Morgan fingerprint density at radius 1 is 1.03 bits per heavy atom. The number of aryl methyl sites for hydroxylation is 1. The van der Waals surface area contributed by atoms with Crippen LogP contribution in [0.1, 0.15) is 24.1 Å². The molecule has 7 heteroatoms. The van der Waals surface area contributed by atoms with Crippen LogP contribution in [0.5, 0.6) is 0 Å². The molecule has 1 saturated heterocycles. The van der Waals surface area contributed by atoms with E-state index in [2.05, 4.69) is 20.5 Å². The summed E-state index contributed by atoms with van der Waals surface area (Å²) < 4.78 is 1.86. The molecule has 0 saturated carbocycles. The van der Waals surface area contributed by atoms with Gasteiger partial charge in [0.2, 0.25) is 0 Å². The van der Waals surface area contributed by atoms with Crippen molar-refractivity contribution in [1.29, 1.82) is 0 Å². The van der Waals surface area contributed by atoms with Crippen LogP contribution < -0.4 is 10.6 Å². The van der Waals surface area contributed by atoms with E-state index in [1.807, 2.05) is 35.7 Å². The monoisotopic (exact) mass is 391 g/mol. The van der Waals surface area contributed by atoms with Crippen molar-refractivity contribution in [2.75, 3.05) is 30.3 Å². The molecule has 2 N–H and O–H groups in total. The standard InChI is InChI=1S/C22H25N5O2/c1-16-15-27-12-8-19(14-20(27)23-16)25-22(29)21(28)24-18-6-4-5-17(13-18)7-11-26-9-2-3-10-26/h4-6,8,12-15H,2-3,7,9-11H2,1H3,(H,24,28)(H,25,29). The highest BCUT2D eigenvalue weighted by Gasteiger charge is 2.15. The van der Waals surface area contributed by atoms with Gasteiger partial charge in [0.05, 0.1) is 5.69 Å². The number of pyridine rings is 1. The number of hydrogen-bond donors (Lipinski definition) is 2. The minimum absolute atomic E-state index is 0.530. The normalized spacial score (nSPS) is 14.2. The Balaban J connectivity index is 1.35. The van der Waals surface area contributed by atoms with E-state index < -0.39 is 11.8 Å². The van der Waals surface area contributed by atoms with Gasteiger partial charge in [-0.3, -0.25) is 9.59 Å². The molecule has 0 atom stereocenters. The fraction of sp³-hybridized carbons (Fsp3) is 0.318. The number of benzene rings is 1. The number of anilines is 2. The molecule has 2 amide bonds. The molecule has 1 aromatic carbocycles. The van der Waals surface area contributed by atoms with Crippen molar-refractivity contribution in [3.63, 3.8) is 0 Å². The summed E-state index contributed by atoms with van der Waals surface area (Å²) in [5.41, 5.74) is 3.91. The first-order chi connectivity index (χ1) is 14.1. The van der Waals surface area contributed by atoms with Gasteiger partial charge in [0.15, 0.2) is 0 Å². The van der Waals surface area contributed by atoms with E-state index in [-0.39, 0.29) is 0 Å². The minimum Gasteiger partial charge on any atom is -0.318 e. The van der Waals surface area contributed by atoms with Gasteiger partial charge in [0.1, 0.15) is 5.65 Å². The van der Waals surface area contributed by atoms with Crippen LogP contribution in [-0.2, 0) is 16.0 Å². The Bertz CT molecular complexity index is 1040. The molecule has 3 aromatic rings. The molecule has 0 spiro atoms. The van der Waals surface area contributed by atoms with Gasteiger partial charge >= 0.3 is 11.8 Å². The largest absolute Gasteiger partial charge is 0.318 e. The third-order valence-corrected chi connectivity index (χ3v) is 5.14. The summed E-state index contributed by atoms with van der Waals surface area (Å²) >= 11 is 0. The summed E-state index contributed by atoms with van der Waals surface area (Å²) in [7, 11) is 0. The molecule has 3 heterocycles. The predicted molar refractivity (Wildman–Crippen MR) is 113 cm³/mol. The molecule has 0 aliphatic carbocycles. The van der Waals surface area contributed by atoms with Crippen LogP contribution in [0.3, 0.4) is 0 Å². The average Bonchev–Trinajstić information content (AvgIpc) is 3.35. The zero-order valence-electron chi connectivity index (χ0n) is 16.5. The van der Waals surface area contributed by atoms with Gasteiger partial charge in [-0.2, -0.15) is 0 Å². The predicted octanol–water partition coefficient (Wildman–Crippen LogP) is 2.86. The second kappa shape index (κ2) is 8.45. The molecule has 7 nitrogen and oxygen atoms in total. The topological polar surface area (TPSA) is 78.7 Å². The molecule has 150 valence electrons. The first-order valence-electron chi connectivity index (χ1n) is 9.96. The number of carbonyl (C=O) groups excluding carboxylic acids is 2. The fourth-order valence-corrected chi connectivity index (χ4v) is 3.66. The fourth-order valence-electron chi connectivity index (χ4n) is 3.66. The summed E-state index contributed by atoms with van der Waals surface area (Å²) in [6, 6.07) is 11.1. The quantitative estimate of drug-likeness (QED) is 0.656. The van der Waals surface area contributed by atoms with E-state index >= 15 is 0 Å². The van der Waals surface area contributed by atoms with Crippen molar-refractivity contribution in [3.05, 3.63) is 60.0 Å². The van der Waals surface area contributed by atoms with Crippen LogP contribution in [0.4, 0.5) is 11.4 Å². The Labute approximate surface area is 169 Å². The number of carbonyl (C=O) groups is 2.